The van der Waals surface area contributed by atoms with Gasteiger partial charge in [0, 0.05) is 6.08 Å². The van der Waals surface area contributed by atoms with Crippen LogP contribution in [0, 0.1) is 10.1 Å². The van der Waals surface area contributed by atoms with Crippen LogP contribution < -0.4 is 0 Å². The third-order valence-electron chi connectivity index (χ3n) is 3.17. The number of unbranched alkanes of at least 4 members (excludes halogenated alkanes) is 5. The Hall–Kier alpha value is -1.16. The Kier molecular flexibility index (Phi) is 6.65. The molecule has 0 spiro atoms. The second-order valence-corrected chi connectivity index (χ2v) is 4.71. The second-order valence-electron chi connectivity index (χ2n) is 4.71. The predicted molar refractivity (Wildman–Crippen MR) is 72.0 cm³/mol. The summed E-state index contributed by atoms with van der Waals surface area (Å²) in [5.41, 5.74) is -1.32. The van der Waals surface area contributed by atoms with Crippen molar-refractivity contribution in [3.05, 3.63) is 34.4 Å². The quantitative estimate of drug-likeness (QED) is 0.271. The van der Waals surface area contributed by atoms with E-state index in [1.807, 2.05) is 6.08 Å². The third-order valence-corrected chi connectivity index (χ3v) is 3.17. The summed E-state index contributed by atoms with van der Waals surface area (Å²) < 4.78 is 5.50. The molecule has 1 rings (SSSR count). The first-order valence-electron chi connectivity index (χ1n) is 6.84. The van der Waals surface area contributed by atoms with Gasteiger partial charge < -0.3 is 4.74 Å². The number of rotatable bonds is 9. The second kappa shape index (κ2) is 8.03. The van der Waals surface area contributed by atoms with Crippen molar-refractivity contribution in [2.24, 2.45) is 0 Å². The van der Waals surface area contributed by atoms with Gasteiger partial charge in [0.05, 0.1) is 18.0 Å². The van der Waals surface area contributed by atoms with E-state index in [1.54, 1.807) is 18.2 Å². The fraction of sp³-hybridized carbons (Fsp3) is 0.714. The van der Waals surface area contributed by atoms with E-state index in [0.29, 0.717) is 13.0 Å². The minimum Gasteiger partial charge on any atom is -0.311 e. The van der Waals surface area contributed by atoms with E-state index in [2.05, 4.69) is 6.92 Å². The summed E-state index contributed by atoms with van der Waals surface area (Å²) in [4.78, 5) is 10.7. The molecule has 0 saturated carbocycles. The largest absolute Gasteiger partial charge is 0.348 e. The SMILES string of the molecule is CCCCCCCCOC1([N+](=O)[O-])C=CC=CC1. The molecular weight excluding hydrogens is 230 g/mol. The summed E-state index contributed by atoms with van der Waals surface area (Å²) >= 11 is 0. The zero-order chi connectivity index (χ0) is 13.3. The number of nitro groups is 1. The smallest absolute Gasteiger partial charge is 0.311 e. The van der Waals surface area contributed by atoms with E-state index in [9.17, 15) is 10.1 Å². The van der Waals surface area contributed by atoms with Crippen molar-refractivity contribution in [2.75, 3.05) is 6.61 Å². The normalized spacial score (nSPS) is 22.3. The van der Waals surface area contributed by atoms with E-state index < -0.39 is 5.72 Å². The highest BCUT2D eigenvalue weighted by Crippen LogP contribution is 2.23. The maximum atomic E-state index is 11.1. The molecule has 1 aliphatic rings. The number of ether oxygens (including phenoxy) is 1. The molecule has 0 aliphatic heterocycles. The minimum atomic E-state index is -1.32. The maximum Gasteiger partial charge on any atom is 0.348 e. The summed E-state index contributed by atoms with van der Waals surface area (Å²) in [6, 6.07) is 0. The van der Waals surface area contributed by atoms with Crippen molar-refractivity contribution < 1.29 is 9.66 Å². The Labute approximate surface area is 109 Å². The van der Waals surface area contributed by atoms with Crippen LogP contribution in [0.1, 0.15) is 51.9 Å². The van der Waals surface area contributed by atoms with Gasteiger partial charge in [-0.1, -0.05) is 57.3 Å². The fourth-order valence-corrected chi connectivity index (χ4v) is 2.02. The van der Waals surface area contributed by atoms with Crippen molar-refractivity contribution in [2.45, 2.75) is 57.6 Å². The lowest BCUT2D eigenvalue weighted by Crippen LogP contribution is -2.39. The Balaban J connectivity index is 2.21. The fourth-order valence-electron chi connectivity index (χ4n) is 2.02. The Morgan fingerprint density at radius 2 is 1.94 bits per heavy atom. The first-order valence-corrected chi connectivity index (χ1v) is 6.84. The zero-order valence-electron chi connectivity index (χ0n) is 11.1. The third kappa shape index (κ3) is 4.61. The van der Waals surface area contributed by atoms with Crippen LogP contribution in [-0.2, 0) is 4.74 Å². The van der Waals surface area contributed by atoms with Crippen molar-refractivity contribution in [3.8, 4) is 0 Å². The first-order chi connectivity index (χ1) is 8.71. The van der Waals surface area contributed by atoms with Crippen LogP contribution in [0.4, 0.5) is 0 Å². The molecule has 0 heterocycles. The number of hydrogen-bond acceptors (Lipinski definition) is 3. The molecule has 4 heteroatoms. The molecule has 1 atom stereocenters. The lowest BCUT2D eigenvalue weighted by atomic mass is 10.1. The minimum absolute atomic E-state index is 0.326. The van der Waals surface area contributed by atoms with Crippen LogP contribution in [0.3, 0.4) is 0 Å². The summed E-state index contributed by atoms with van der Waals surface area (Å²) in [5.74, 6) is 0. The van der Waals surface area contributed by atoms with Gasteiger partial charge in [-0.25, -0.2) is 0 Å². The summed E-state index contributed by atoms with van der Waals surface area (Å²) in [6.07, 6.45) is 14.1. The molecule has 0 aromatic rings. The monoisotopic (exact) mass is 253 g/mol. The highest BCUT2D eigenvalue weighted by atomic mass is 16.7. The molecule has 0 bridgehead atoms. The summed E-state index contributed by atoms with van der Waals surface area (Å²) in [5, 5.41) is 11.1. The average molecular weight is 253 g/mol. The molecule has 0 radical (unpaired) electrons. The maximum absolute atomic E-state index is 11.1. The Morgan fingerprint density at radius 1 is 1.22 bits per heavy atom. The van der Waals surface area contributed by atoms with Crippen LogP contribution in [0.15, 0.2) is 24.3 Å². The van der Waals surface area contributed by atoms with Gasteiger partial charge >= 0.3 is 5.72 Å². The number of hydrogen-bond donors (Lipinski definition) is 0. The topological polar surface area (TPSA) is 52.4 Å². The average Bonchev–Trinajstić information content (AvgIpc) is 2.38. The molecule has 0 aromatic heterocycles. The van der Waals surface area contributed by atoms with Crippen molar-refractivity contribution in [1.29, 1.82) is 0 Å². The van der Waals surface area contributed by atoms with Gasteiger partial charge in [-0.2, -0.15) is 0 Å². The first kappa shape index (κ1) is 14.9. The van der Waals surface area contributed by atoms with Crippen LogP contribution in [0.5, 0.6) is 0 Å². The van der Waals surface area contributed by atoms with E-state index in [-0.39, 0.29) is 4.92 Å². The van der Waals surface area contributed by atoms with Crippen molar-refractivity contribution in [3.63, 3.8) is 0 Å². The lowest BCUT2D eigenvalue weighted by molar-refractivity contribution is -0.613. The molecule has 1 aliphatic carbocycles. The zero-order valence-corrected chi connectivity index (χ0v) is 11.1. The molecule has 0 aromatic carbocycles. The van der Waals surface area contributed by atoms with Crippen molar-refractivity contribution >= 4 is 0 Å². The summed E-state index contributed by atoms with van der Waals surface area (Å²) in [7, 11) is 0. The van der Waals surface area contributed by atoms with E-state index >= 15 is 0 Å². The Morgan fingerprint density at radius 3 is 2.56 bits per heavy atom. The van der Waals surface area contributed by atoms with Gasteiger partial charge in [0.15, 0.2) is 0 Å². The van der Waals surface area contributed by atoms with Gasteiger partial charge in [0.25, 0.3) is 0 Å². The lowest BCUT2D eigenvalue weighted by Gasteiger charge is -2.22. The van der Waals surface area contributed by atoms with E-state index in [0.717, 1.165) is 12.8 Å². The Bertz CT molecular complexity index is 312. The molecule has 4 nitrogen and oxygen atoms in total. The molecule has 1 unspecified atom stereocenters. The van der Waals surface area contributed by atoms with E-state index in [4.69, 9.17) is 4.74 Å². The molecule has 102 valence electrons. The van der Waals surface area contributed by atoms with E-state index in [1.165, 1.54) is 25.7 Å². The van der Waals surface area contributed by atoms with Crippen LogP contribution in [0.2, 0.25) is 0 Å². The van der Waals surface area contributed by atoms with Crippen LogP contribution in [-0.4, -0.2) is 17.3 Å². The van der Waals surface area contributed by atoms with Gasteiger partial charge in [-0.3, -0.25) is 10.1 Å². The van der Waals surface area contributed by atoms with Gasteiger partial charge in [-0.15, -0.1) is 0 Å². The molecule has 0 amide bonds. The molecule has 0 N–H and O–H groups in total. The van der Waals surface area contributed by atoms with Gasteiger partial charge in [0.1, 0.15) is 0 Å². The van der Waals surface area contributed by atoms with Crippen LogP contribution >= 0.6 is 0 Å². The predicted octanol–water partition coefficient (Wildman–Crippen LogP) is 3.85. The van der Waals surface area contributed by atoms with Crippen molar-refractivity contribution in [1.82, 2.24) is 0 Å². The molecule has 0 fully saturated rings. The number of allylic oxidation sites excluding steroid dienone is 2. The highest BCUT2D eigenvalue weighted by Gasteiger charge is 2.40. The summed E-state index contributed by atoms with van der Waals surface area (Å²) in [6.45, 7) is 2.65. The number of nitrogens with zero attached hydrogens (tertiary/aromatic N) is 1. The highest BCUT2D eigenvalue weighted by molar-refractivity contribution is 5.15. The molecule has 0 saturated heterocycles. The standard InChI is InChI=1S/C14H23NO3/c1-2-3-4-5-6-10-13-18-14(15(16)17)11-8-7-9-12-14/h7-9,11H,2-6,10,12-13H2,1H3. The molecular formula is C14H23NO3. The van der Waals surface area contributed by atoms with Gasteiger partial charge in [-0.05, 0) is 6.42 Å². The molecule has 18 heavy (non-hydrogen) atoms. The van der Waals surface area contributed by atoms with Crippen LogP contribution in [0.25, 0.3) is 0 Å². The van der Waals surface area contributed by atoms with Gasteiger partial charge in [0.2, 0.25) is 0 Å².